The number of hydrogen-bond acceptors (Lipinski definition) is 4. The molecule has 0 aliphatic carbocycles. The summed E-state index contributed by atoms with van der Waals surface area (Å²) in [5.74, 6) is 0.825. The Balaban J connectivity index is 2.34. The number of nitrogens with zero attached hydrogens (tertiary/aromatic N) is 1. The lowest BCUT2D eigenvalue weighted by Gasteiger charge is -2.20. The Morgan fingerprint density at radius 1 is 1.32 bits per heavy atom. The summed E-state index contributed by atoms with van der Waals surface area (Å²) in [6.07, 6.45) is 1.01. The first-order valence-electron chi connectivity index (χ1n) is 6.57. The molecule has 0 radical (unpaired) electrons. The van der Waals surface area contributed by atoms with E-state index >= 15 is 0 Å². The number of likely N-dealkylation sites (N-methyl/N-ethyl adjacent to an activating group) is 1. The van der Waals surface area contributed by atoms with Crippen LogP contribution in [0.2, 0.25) is 0 Å². The molecule has 1 amide bonds. The monoisotopic (exact) mass is 265 g/mol. The highest BCUT2D eigenvalue weighted by Gasteiger charge is 2.08. The van der Waals surface area contributed by atoms with Gasteiger partial charge in [0, 0.05) is 19.3 Å². The summed E-state index contributed by atoms with van der Waals surface area (Å²) in [6, 6.07) is 7.31. The van der Waals surface area contributed by atoms with E-state index in [4.69, 9.17) is 10.5 Å². The highest BCUT2D eigenvalue weighted by atomic mass is 16.5. The van der Waals surface area contributed by atoms with E-state index in [1.54, 1.807) is 7.05 Å². The molecule has 0 bridgehead atoms. The fraction of sp³-hybridized carbons (Fsp3) is 0.500. The molecule has 5 heteroatoms. The van der Waals surface area contributed by atoms with Crippen molar-refractivity contribution < 1.29 is 9.53 Å². The Bertz CT molecular complexity index is 379. The molecule has 5 nitrogen and oxygen atoms in total. The molecule has 0 aliphatic heterocycles. The quantitative estimate of drug-likeness (QED) is 0.691. The Kier molecular flexibility index (Phi) is 6.74. The van der Waals surface area contributed by atoms with E-state index in [1.165, 1.54) is 0 Å². The second-order valence-electron chi connectivity index (χ2n) is 4.37. The lowest BCUT2D eigenvalue weighted by molar-refractivity contribution is -0.121. The van der Waals surface area contributed by atoms with Crippen molar-refractivity contribution in [2.75, 3.05) is 39.0 Å². The molecule has 0 heterocycles. The van der Waals surface area contributed by atoms with Crippen molar-refractivity contribution in [3.8, 4) is 5.75 Å². The van der Waals surface area contributed by atoms with Crippen molar-refractivity contribution >= 4 is 11.6 Å². The van der Waals surface area contributed by atoms with E-state index < -0.39 is 0 Å². The van der Waals surface area contributed by atoms with Crippen molar-refractivity contribution in [3.63, 3.8) is 0 Å². The van der Waals surface area contributed by atoms with Gasteiger partial charge >= 0.3 is 0 Å². The molecule has 106 valence electrons. The van der Waals surface area contributed by atoms with Crippen LogP contribution < -0.4 is 15.8 Å². The predicted molar refractivity (Wildman–Crippen MR) is 77.1 cm³/mol. The maximum atomic E-state index is 11.4. The van der Waals surface area contributed by atoms with Crippen molar-refractivity contribution in [1.29, 1.82) is 0 Å². The van der Waals surface area contributed by atoms with Crippen LogP contribution >= 0.6 is 0 Å². The predicted octanol–water partition coefficient (Wildman–Crippen LogP) is 1.11. The summed E-state index contributed by atoms with van der Waals surface area (Å²) in [7, 11) is 1.65. The molecule has 0 aliphatic rings. The van der Waals surface area contributed by atoms with Gasteiger partial charge in [0.2, 0.25) is 5.91 Å². The van der Waals surface area contributed by atoms with Gasteiger partial charge in [-0.1, -0.05) is 6.92 Å². The van der Waals surface area contributed by atoms with Crippen LogP contribution in [-0.2, 0) is 4.79 Å². The number of amides is 1. The molecule has 19 heavy (non-hydrogen) atoms. The van der Waals surface area contributed by atoms with Gasteiger partial charge in [-0.05, 0) is 37.2 Å². The molecule has 1 aromatic rings. The van der Waals surface area contributed by atoms with E-state index in [0.717, 1.165) is 30.9 Å². The third kappa shape index (κ3) is 6.10. The Labute approximate surface area is 114 Å². The summed E-state index contributed by atoms with van der Waals surface area (Å²) in [5, 5.41) is 2.63. The fourth-order valence-corrected chi connectivity index (χ4v) is 1.72. The number of anilines is 1. The lowest BCUT2D eigenvalue weighted by atomic mass is 10.3. The van der Waals surface area contributed by atoms with Crippen molar-refractivity contribution in [1.82, 2.24) is 10.2 Å². The van der Waals surface area contributed by atoms with Crippen LogP contribution in [0.4, 0.5) is 5.69 Å². The average Bonchev–Trinajstić information content (AvgIpc) is 2.41. The SMILES string of the molecule is CCCN(CCOc1ccc(N)cc1)CC(=O)NC. The van der Waals surface area contributed by atoms with Crippen LogP contribution in [0.15, 0.2) is 24.3 Å². The van der Waals surface area contributed by atoms with Crippen LogP contribution in [0.5, 0.6) is 5.75 Å². The van der Waals surface area contributed by atoms with Gasteiger partial charge in [-0.3, -0.25) is 9.69 Å². The van der Waals surface area contributed by atoms with Gasteiger partial charge in [0.25, 0.3) is 0 Å². The zero-order chi connectivity index (χ0) is 14.1. The summed E-state index contributed by atoms with van der Waals surface area (Å²) in [5.41, 5.74) is 6.33. The molecular formula is C14H23N3O2. The molecule has 1 rings (SSSR count). The van der Waals surface area contributed by atoms with Gasteiger partial charge in [-0.15, -0.1) is 0 Å². The zero-order valence-corrected chi connectivity index (χ0v) is 11.7. The third-order valence-electron chi connectivity index (χ3n) is 2.74. The number of nitrogens with two attached hydrogens (primary N) is 1. The minimum Gasteiger partial charge on any atom is -0.492 e. The van der Waals surface area contributed by atoms with Crippen LogP contribution in [0.25, 0.3) is 0 Å². The summed E-state index contributed by atoms with van der Waals surface area (Å²) >= 11 is 0. The molecule has 0 unspecified atom stereocenters. The van der Waals surface area contributed by atoms with Gasteiger partial charge < -0.3 is 15.8 Å². The van der Waals surface area contributed by atoms with Crippen LogP contribution in [-0.4, -0.2) is 44.1 Å². The fourth-order valence-electron chi connectivity index (χ4n) is 1.72. The Morgan fingerprint density at radius 2 is 2.00 bits per heavy atom. The maximum Gasteiger partial charge on any atom is 0.233 e. The Hall–Kier alpha value is -1.75. The first-order valence-corrected chi connectivity index (χ1v) is 6.57. The minimum absolute atomic E-state index is 0.0286. The van der Waals surface area contributed by atoms with Gasteiger partial charge in [0.05, 0.1) is 6.54 Å². The van der Waals surface area contributed by atoms with Gasteiger partial charge in [-0.25, -0.2) is 0 Å². The highest BCUT2D eigenvalue weighted by molar-refractivity contribution is 5.77. The van der Waals surface area contributed by atoms with Crippen LogP contribution in [0, 0.1) is 0 Å². The molecule has 0 saturated carbocycles. The number of ether oxygens (including phenoxy) is 1. The van der Waals surface area contributed by atoms with E-state index in [9.17, 15) is 4.79 Å². The van der Waals surface area contributed by atoms with Crippen molar-refractivity contribution in [2.24, 2.45) is 0 Å². The summed E-state index contributed by atoms with van der Waals surface area (Å²) in [4.78, 5) is 13.4. The number of carbonyl (C=O) groups excluding carboxylic acids is 1. The first kappa shape index (κ1) is 15.3. The maximum absolute atomic E-state index is 11.4. The van der Waals surface area contributed by atoms with Gasteiger partial charge in [0.1, 0.15) is 12.4 Å². The van der Waals surface area contributed by atoms with E-state index in [2.05, 4.69) is 17.1 Å². The molecule has 3 N–H and O–H groups in total. The molecular weight excluding hydrogens is 242 g/mol. The normalized spacial score (nSPS) is 10.5. The molecule has 0 fully saturated rings. The van der Waals surface area contributed by atoms with Gasteiger partial charge in [0.15, 0.2) is 0 Å². The molecule has 0 saturated heterocycles. The number of benzene rings is 1. The largest absolute Gasteiger partial charge is 0.492 e. The molecule has 1 aromatic carbocycles. The standard InChI is InChI=1S/C14H23N3O2/c1-3-8-17(11-14(18)16-2)9-10-19-13-6-4-12(15)5-7-13/h4-7H,3,8-11,15H2,1-2H3,(H,16,18). The molecule has 0 aromatic heterocycles. The average molecular weight is 265 g/mol. The molecule has 0 spiro atoms. The lowest BCUT2D eigenvalue weighted by Crippen LogP contribution is -2.38. The van der Waals surface area contributed by atoms with Crippen molar-refractivity contribution in [3.05, 3.63) is 24.3 Å². The van der Waals surface area contributed by atoms with Crippen molar-refractivity contribution in [2.45, 2.75) is 13.3 Å². The first-order chi connectivity index (χ1) is 9.15. The van der Waals surface area contributed by atoms with Crippen LogP contribution in [0.1, 0.15) is 13.3 Å². The number of carbonyl (C=O) groups is 1. The van der Waals surface area contributed by atoms with Gasteiger partial charge in [-0.2, -0.15) is 0 Å². The second-order valence-corrected chi connectivity index (χ2v) is 4.37. The van der Waals surface area contributed by atoms with E-state index in [0.29, 0.717) is 13.2 Å². The smallest absolute Gasteiger partial charge is 0.233 e. The zero-order valence-electron chi connectivity index (χ0n) is 11.7. The number of nitrogens with one attached hydrogen (secondary N) is 1. The topological polar surface area (TPSA) is 67.6 Å². The van der Waals surface area contributed by atoms with E-state index in [1.807, 2.05) is 24.3 Å². The summed E-state index contributed by atoms with van der Waals surface area (Å²) < 4.78 is 5.62. The summed E-state index contributed by atoms with van der Waals surface area (Å²) in [6.45, 7) is 4.68. The highest BCUT2D eigenvalue weighted by Crippen LogP contribution is 2.12. The minimum atomic E-state index is 0.0286. The third-order valence-corrected chi connectivity index (χ3v) is 2.74. The van der Waals surface area contributed by atoms with E-state index in [-0.39, 0.29) is 5.91 Å². The molecule has 0 atom stereocenters. The second kappa shape index (κ2) is 8.37. The number of rotatable bonds is 8. The number of nitrogen functional groups attached to an aromatic ring is 1. The number of hydrogen-bond donors (Lipinski definition) is 2. The van der Waals surface area contributed by atoms with Crippen LogP contribution in [0.3, 0.4) is 0 Å². The Morgan fingerprint density at radius 3 is 2.58 bits per heavy atom.